The summed E-state index contributed by atoms with van der Waals surface area (Å²) in [5.41, 5.74) is 3.35. The van der Waals surface area contributed by atoms with E-state index < -0.39 is 0 Å². The first-order valence-electron chi connectivity index (χ1n) is 6.34. The summed E-state index contributed by atoms with van der Waals surface area (Å²) in [6.07, 6.45) is 4.33. The van der Waals surface area contributed by atoms with Crippen LogP contribution in [0.5, 0.6) is 0 Å². The topological polar surface area (TPSA) is 0 Å². The molecule has 2 bridgehead atoms. The molecule has 3 rings (SSSR count). The zero-order chi connectivity index (χ0) is 10.4. The van der Waals surface area contributed by atoms with Gasteiger partial charge in [-0.05, 0) is 54.1 Å². The lowest BCUT2D eigenvalue weighted by Gasteiger charge is -2.25. The highest BCUT2D eigenvalue weighted by Crippen LogP contribution is 2.57. The van der Waals surface area contributed by atoms with E-state index in [2.05, 4.69) is 38.1 Å². The Morgan fingerprint density at radius 1 is 1.13 bits per heavy atom. The Morgan fingerprint density at radius 3 is 2.60 bits per heavy atom. The molecule has 0 heteroatoms. The van der Waals surface area contributed by atoms with Crippen molar-refractivity contribution in [3.8, 4) is 0 Å². The lowest BCUT2D eigenvalue weighted by Crippen LogP contribution is -2.12. The molecule has 2 aliphatic carbocycles. The molecular weight excluding hydrogens is 180 g/mol. The molecule has 0 nitrogen and oxygen atoms in total. The summed E-state index contributed by atoms with van der Waals surface area (Å²) < 4.78 is 0. The van der Waals surface area contributed by atoms with Gasteiger partial charge in [0.25, 0.3) is 0 Å². The van der Waals surface area contributed by atoms with Gasteiger partial charge in [-0.3, -0.25) is 0 Å². The van der Waals surface area contributed by atoms with Crippen LogP contribution < -0.4 is 0 Å². The third-order valence-corrected chi connectivity index (χ3v) is 4.30. The van der Waals surface area contributed by atoms with E-state index in [-0.39, 0.29) is 0 Å². The Bertz CT molecular complexity index is 364. The highest BCUT2D eigenvalue weighted by atomic mass is 14.5. The Labute approximate surface area is 92.7 Å². The van der Waals surface area contributed by atoms with Crippen molar-refractivity contribution in [2.75, 3.05) is 0 Å². The number of benzene rings is 1. The molecule has 2 aliphatic rings. The van der Waals surface area contributed by atoms with Crippen molar-refractivity contribution >= 4 is 0 Å². The molecule has 15 heavy (non-hydrogen) atoms. The van der Waals surface area contributed by atoms with Gasteiger partial charge in [-0.1, -0.05) is 38.1 Å². The number of rotatable bonds is 2. The van der Waals surface area contributed by atoms with E-state index in [4.69, 9.17) is 0 Å². The van der Waals surface area contributed by atoms with Gasteiger partial charge < -0.3 is 0 Å². The van der Waals surface area contributed by atoms with Crippen LogP contribution in [0.3, 0.4) is 0 Å². The van der Waals surface area contributed by atoms with Crippen LogP contribution >= 0.6 is 0 Å². The van der Waals surface area contributed by atoms with Gasteiger partial charge in [0.05, 0.1) is 0 Å². The fourth-order valence-electron chi connectivity index (χ4n) is 3.85. The smallest absolute Gasteiger partial charge is 0.0125 e. The lowest BCUT2D eigenvalue weighted by atomic mass is 9.79. The van der Waals surface area contributed by atoms with Crippen LogP contribution in [0, 0.1) is 11.8 Å². The van der Waals surface area contributed by atoms with E-state index in [1.165, 1.54) is 19.3 Å². The van der Waals surface area contributed by atoms with Crippen LogP contribution in [-0.2, 0) is 0 Å². The maximum Gasteiger partial charge on any atom is -0.0125 e. The normalized spacial score (nSPS) is 32.3. The zero-order valence-electron chi connectivity index (χ0n) is 9.74. The standard InChI is InChI=1S/C15H20/c1-10(2)7-11-8-12-9-15(11)14-6-4-3-5-13(12)14/h3-6,10-12,15H,7-9H2,1-2H3. The summed E-state index contributed by atoms with van der Waals surface area (Å²) in [6, 6.07) is 9.14. The van der Waals surface area contributed by atoms with Gasteiger partial charge in [-0.2, -0.15) is 0 Å². The Morgan fingerprint density at radius 2 is 1.87 bits per heavy atom. The third-order valence-electron chi connectivity index (χ3n) is 4.30. The van der Waals surface area contributed by atoms with E-state index in [1.54, 1.807) is 11.1 Å². The summed E-state index contributed by atoms with van der Waals surface area (Å²) in [6.45, 7) is 4.72. The quantitative estimate of drug-likeness (QED) is 0.667. The van der Waals surface area contributed by atoms with E-state index >= 15 is 0 Å². The van der Waals surface area contributed by atoms with Gasteiger partial charge in [0, 0.05) is 0 Å². The molecule has 0 N–H and O–H groups in total. The molecule has 0 heterocycles. The molecular formula is C15H20. The van der Waals surface area contributed by atoms with E-state index in [0.29, 0.717) is 0 Å². The van der Waals surface area contributed by atoms with E-state index in [9.17, 15) is 0 Å². The second-order valence-corrected chi connectivity index (χ2v) is 5.79. The van der Waals surface area contributed by atoms with E-state index in [1.807, 2.05) is 0 Å². The van der Waals surface area contributed by atoms with Gasteiger partial charge in [-0.25, -0.2) is 0 Å². The first-order valence-corrected chi connectivity index (χ1v) is 6.34. The number of fused-ring (bicyclic) bond motifs is 5. The van der Waals surface area contributed by atoms with Crippen molar-refractivity contribution in [2.24, 2.45) is 11.8 Å². The van der Waals surface area contributed by atoms with Crippen LogP contribution in [-0.4, -0.2) is 0 Å². The van der Waals surface area contributed by atoms with Gasteiger partial charge in [-0.15, -0.1) is 0 Å². The fourth-order valence-corrected chi connectivity index (χ4v) is 3.85. The first-order chi connectivity index (χ1) is 7.25. The molecule has 1 aromatic rings. The zero-order valence-corrected chi connectivity index (χ0v) is 9.74. The number of hydrogen-bond acceptors (Lipinski definition) is 0. The second kappa shape index (κ2) is 3.37. The van der Waals surface area contributed by atoms with Gasteiger partial charge in [0.2, 0.25) is 0 Å². The largest absolute Gasteiger partial charge is 0.0628 e. The summed E-state index contributed by atoms with van der Waals surface area (Å²) >= 11 is 0. The average molecular weight is 200 g/mol. The van der Waals surface area contributed by atoms with Crippen molar-refractivity contribution in [3.63, 3.8) is 0 Å². The SMILES string of the molecule is CC(C)CC1CC2CC1c1ccccc12. The molecule has 0 spiro atoms. The second-order valence-electron chi connectivity index (χ2n) is 5.79. The van der Waals surface area contributed by atoms with Crippen molar-refractivity contribution < 1.29 is 0 Å². The molecule has 0 radical (unpaired) electrons. The fraction of sp³-hybridized carbons (Fsp3) is 0.600. The average Bonchev–Trinajstić information content (AvgIpc) is 2.75. The lowest BCUT2D eigenvalue weighted by molar-refractivity contribution is 0.373. The highest BCUT2D eigenvalue weighted by Gasteiger charge is 2.43. The predicted molar refractivity (Wildman–Crippen MR) is 64.1 cm³/mol. The molecule has 3 atom stereocenters. The third kappa shape index (κ3) is 1.42. The van der Waals surface area contributed by atoms with Crippen LogP contribution in [0.25, 0.3) is 0 Å². The predicted octanol–water partition coefficient (Wildman–Crippen LogP) is 4.32. The summed E-state index contributed by atoms with van der Waals surface area (Å²) in [5.74, 6) is 3.63. The molecule has 0 aliphatic heterocycles. The molecule has 1 fully saturated rings. The summed E-state index contributed by atoms with van der Waals surface area (Å²) in [7, 11) is 0. The highest BCUT2D eigenvalue weighted by molar-refractivity contribution is 5.41. The Balaban J connectivity index is 1.88. The van der Waals surface area contributed by atoms with Crippen molar-refractivity contribution in [1.82, 2.24) is 0 Å². The van der Waals surface area contributed by atoms with Crippen LogP contribution in [0.2, 0.25) is 0 Å². The molecule has 1 aromatic carbocycles. The van der Waals surface area contributed by atoms with Gasteiger partial charge in [0.1, 0.15) is 0 Å². The minimum Gasteiger partial charge on any atom is -0.0628 e. The van der Waals surface area contributed by atoms with Gasteiger partial charge in [0.15, 0.2) is 0 Å². The monoisotopic (exact) mass is 200 g/mol. The van der Waals surface area contributed by atoms with E-state index in [0.717, 1.165) is 23.7 Å². The van der Waals surface area contributed by atoms with Crippen molar-refractivity contribution in [1.29, 1.82) is 0 Å². The van der Waals surface area contributed by atoms with Gasteiger partial charge >= 0.3 is 0 Å². The molecule has 3 unspecified atom stereocenters. The minimum absolute atomic E-state index is 0.863. The van der Waals surface area contributed by atoms with Crippen molar-refractivity contribution in [3.05, 3.63) is 35.4 Å². The Hall–Kier alpha value is -0.780. The molecule has 0 aromatic heterocycles. The summed E-state index contributed by atoms with van der Waals surface area (Å²) in [5, 5.41) is 0. The van der Waals surface area contributed by atoms with Crippen LogP contribution in [0.1, 0.15) is 56.1 Å². The molecule has 0 amide bonds. The molecule has 1 saturated carbocycles. The molecule has 80 valence electrons. The maximum atomic E-state index is 2.37. The number of hydrogen-bond donors (Lipinski definition) is 0. The van der Waals surface area contributed by atoms with Crippen LogP contribution in [0.15, 0.2) is 24.3 Å². The molecule has 0 saturated heterocycles. The first kappa shape index (κ1) is 9.45. The van der Waals surface area contributed by atoms with Crippen molar-refractivity contribution in [2.45, 2.75) is 44.9 Å². The Kier molecular flexibility index (Phi) is 2.12. The minimum atomic E-state index is 0.863. The summed E-state index contributed by atoms with van der Waals surface area (Å²) in [4.78, 5) is 0. The van der Waals surface area contributed by atoms with Crippen LogP contribution in [0.4, 0.5) is 0 Å². The maximum absolute atomic E-state index is 2.37.